The molecule has 0 unspecified atom stereocenters. The van der Waals surface area contributed by atoms with Crippen LogP contribution >= 0.6 is 0 Å². The van der Waals surface area contributed by atoms with Gasteiger partial charge in [-0.25, -0.2) is 18.3 Å². The van der Waals surface area contributed by atoms with Crippen molar-refractivity contribution in [1.29, 1.82) is 0 Å². The van der Waals surface area contributed by atoms with E-state index in [1.807, 2.05) is 36.5 Å². The Kier molecular flexibility index (Phi) is 3.12. The van der Waals surface area contributed by atoms with Gasteiger partial charge in [-0.1, -0.05) is 42.5 Å². The summed E-state index contributed by atoms with van der Waals surface area (Å²) in [5.41, 5.74) is 3.00. The van der Waals surface area contributed by atoms with Crippen molar-refractivity contribution in [2.75, 3.05) is 0 Å². The molecule has 3 nitrogen and oxygen atoms in total. The van der Waals surface area contributed by atoms with E-state index in [1.54, 1.807) is 10.7 Å². The summed E-state index contributed by atoms with van der Waals surface area (Å²) in [4.78, 5) is 4.38. The molecule has 4 aromatic rings. The number of hydrogen-bond donors (Lipinski definition) is 0. The highest BCUT2D eigenvalue weighted by Gasteiger charge is 2.15. The van der Waals surface area contributed by atoms with Crippen molar-refractivity contribution in [1.82, 2.24) is 14.6 Å². The van der Waals surface area contributed by atoms with Crippen LogP contribution in [0.25, 0.3) is 27.9 Å². The molecule has 0 N–H and O–H groups in total. The molecular formula is C18H11F2N3. The molecule has 0 atom stereocenters. The van der Waals surface area contributed by atoms with Gasteiger partial charge in [-0.15, -0.1) is 0 Å². The van der Waals surface area contributed by atoms with E-state index in [2.05, 4.69) is 10.1 Å². The van der Waals surface area contributed by atoms with Gasteiger partial charge in [0.1, 0.15) is 0 Å². The van der Waals surface area contributed by atoms with Crippen molar-refractivity contribution >= 4 is 5.65 Å². The quantitative estimate of drug-likeness (QED) is 0.551. The van der Waals surface area contributed by atoms with Crippen molar-refractivity contribution in [3.05, 3.63) is 78.8 Å². The van der Waals surface area contributed by atoms with E-state index in [4.69, 9.17) is 0 Å². The first-order valence-electron chi connectivity index (χ1n) is 7.07. The molecule has 4 rings (SSSR count). The predicted molar refractivity (Wildman–Crippen MR) is 83.8 cm³/mol. The van der Waals surface area contributed by atoms with Gasteiger partial charge in [0, 0.05) is 29.1 Å². The lowest BCUT2D eigenvalue weighted by Gasteiger charge is -2.04. The third-order valence-corrected chi connectivity index (χ3v) is 3.71. The van der Waals surface area contributed by atoms with Crippen molar-refractivity contribution in [2.24, 2.45) is 0 Å². The highest BCUT2D eigenvalue weighted by Crippen LogP contribution is 2.28. The molecule has 2 aromatic heterocycles. The fraction of sp³-hybridized carbons (Fsp3) is 0. The Morgan fingerprint density at radius 2 is 1.61 bits per heavy atom. The van der Waals surface area contributed by atoms with Crippen molar-refractivity contribution in [3.63, 3.8) is 0 Å². The first-order chi connectivity index (χ1) is 11.2. The Hall–Kier alpha value is -3.08. The molecule has 2 heterocycles. The number of hydrogen-bond acceptors (Lipinski definition) is 2. The largest absolute Gasteiger partial charge is 0.236 e. The third-order valence-electron chi connectivity index (χ3n) is 3.71. The molecule has 0 radical (unpaired) electrons. The van der Waals surface area contributed by atoms with Crippen LogP contribution in [0.3, 0.4) is 0 Å². The van der Waals surface area contributed by atoms with Crippen LogP contribution in [0.5, 0.6) is 0 Å². The summed E-state index contributed by atoms with van der Waals surface area (Å²) in [5.74, 6) is -1.78. The molecule has 0 aliphatic heterocycles. The van der Waals surface area contributed by atoms with Gasteiger partial charge < -0.3 is 0 Å². The molecule has 0 saturated heterocycles. The minimum absolute atomic E-state index is 0.153. The molecule has 0 aliphatic rings. The summed E-state index contributed by atoms with van der Waals surface area (Å²) in [6.45, 7) is 0. The average molecular weight is 307 g/mol. The summed E-state index contributed by atoms with van der Waals surface area (Å²) < 4.78 is 29.0. The normalized spacial score (nSPS) is 11.0. The van der Waals surface area contributed by atoms with E-state index in [1.165, 1.54) is 18.3 Å². The van der Waals surface area contributed by atoms with Gasteiger partial charge in [0.15, 0.2) is 17.3 Å². The lowest BCUT2D eigenvalue weighted by Crippen LogP contribution is -1.93. The first-order valence-corrected chi connectivity index (χ1v) is 7.07. The smallest absolute Gasteiger partial charge is 0.166 e. The number of benzene rings is 2. The second kappa shape index (κ2) is 5.28. The fourth-order valence-corrected chi connectivity index (χ4v) is 2.56. The minimum Gasteiger partial charge on any atom is -0.236 e. The number of aromatic nitrogens is 3. The molecular weight excluding hydrogens is 296 g/mol. The van der Waals surface area contributed by atoms with Crippen LogP contribution in [0.1, 0.15) is 0 Å². The molecule has 2 aromatic carbocycles. The van der Waals surface area contributed by atoms with Gasteiger partial charge in [-0.05, 0) is 11.6 Å². The van der Waals surface area contributed by atoms with E-state index in [0.717, 1.165) is 17.2 Å². The zero-order valence-corrected chi connectivity index (χ0v) is 11.9. The molecule has 23 heavy (non-hydrogen) atoms. The third kappa shape index (κ3) is 2.26. The number of halogens is 2. The zero-order valence-electron chi connectivity index (χ0n) is 11.9. The van der Waals surface area contributed by atoms with Crippen LogP contribution < -0.4 is 0 Å². The highest BCUT2D eigenvalue weighted by molar-refractivity contribution is 5.78. The Bertz CT molecular complexity index is 994. The van der Waals surface area contributed by atoms with Gasteiger partial charge in [0.05, 0.1) is 6.20 Å². The highest BCUT2D eigenvalue weighted by atomic mass is 19.2. The van der Waals surface area contributed by atoms with Gasteiger partial charge in [-0.3, -0.25) is 0 Å². The maximum absolute atomic E-state index is 14.0. The molecule has 0 amide bonds. The van der Waals surface area contributed by atoms with Crippen LogP contribution in [0.15, 0.2) is 67.1 Å². The standard InChI is InChI=1S/C18H11F2N3/c19-16-8-4-7-14(17(16)20)15-10-22-23-11-13(9-21-18(15)23)12-5-2-1-3-6-12/h1-11H. The summed E-state index contributed by atoms with van der Waals surface area (Å²) >= 11 is 0. The first kappa shape index (κ1) is 13.6. The van der Waals surface area contributed by atoms with Crippen LogP contribution in [0.4, 0.5) is 8.78 Å². The number of nitrogens with zero attached hydrogens (tertiary/aromatic N) is 3. The molecule has 0 aliphatic carbocycles. The molecule has 0 saturated carbocycles. The van der Waals surface area contributed by atoms with E-state index >= 15 is 0 Å². The molecule has 0 bridgehead atoms. The lowest BCUT2D eigenvalue weighted by molar-refractivity contribution is 0.511. The van der Waals surface area contributed by atoms with Crippen molar-refractivity contribution < 1.29 is 8.78 Å². The molecule has 112 valence electrons. The van der Waals surface area contributed by atoms with Crippen LogP contribution in [-0.2, 0) is 0 Å². The maximum atomic E-state index is 14.0. The van der Waals surface area contributed by atoms with Gasteiger partial charge >= 0.3 is 0 Å². The van der Waals surface area contributed by atoms with E-state index in [9.17, 15) is 8.78 Å². The van der Waals surface area contributed by atoms with E-state index in [0.29, 0.717) is 11.2 Å². The molecule has 0 fully saturated rings. The summed E-state index contributed by atoms with van der Waals surface area (Å²) in [6, 6.07) is 13.8. The van der Waals surface area contributed by atoms with Crippen LogP contribution in [-0.4, -0.2) is 14.6 Å². The summed E-state index contributed by atoms with van der Waals surface area (Å²) in [7, 11) is 0. The monoisotopic (exact) mass is 307 g/mol. The van der Waals surface area contributed by atoms with Crippen molar-refractivity contribution in [3.8, 4) is 22.3 Å². The SMILES string of the molecule is Fc1cccc(-c2cnn3cc(-c4ccccc4)cnc23)c1F. The molecule has 0 spiro atoms. The Labute approximate surface area is 130 Å². The second-order valence-corrected chi connectivity index (χ2v) is 5.14. The minimum atomic E-state index is -0.892. The van der Waals surface area contributed by atoms with Gasteiger partial charge in [-0.2, -0.15) is 5.10 Å². The molecule has 5 heteroatoms. The Morgan fingerprint density at radius 1 is 0.783 bits per heavy atom. The lowest BCUT2D eigenvalue weighted by atomic mass is 10.1. The Balaban J connectivity index is 1.87. The fourth-order valence-electron chi connectivity index (χ4n) is 2.56. The number of rotatable bonds is 2. The summed E-state index contributed by atoms with van der Waals surface area (Å²) in [5, 5.41) is 4.22. The van der Waals surface area contributed by atoms with E-state index in [-0.39, 0.29) is 5.56 Å². The van der Waals surface area contributed by atoms with Crippen molar-refractivity contribution in [2.45, 2.75) is 0 Å². The summed E-state index contributed by atoms with van der Waals surface area (Å²) in [6.07, 6.45) is 5.01. The topological polar surface area (TPSA) is 30.2 Å². The maximum Gasteiger partial charge on any atom is 0.166 e. The zero-order chi connectivity index (χ0) is 15.8. The van der Waals surface area contributed by atoms with Crippen LogP contribution in [0.2, 0.25) is 0 Å². The van der Waals surface area contributed by atoms with Crippen LogP contribution in [0, 0.1) is 11.6 Å². The van der Waals surface area contributed by atoms with Gasteiger partial charge in [0.25, 0.3) is 0 Å². The Morgan fingerprint density at radius 3 is 2.43 bits per heavy atom. The van der Waals surface area contributed by atoms with Gasteiger partial charge in [0.2, 0.25) is 0 Å². The second-order valence-electron chi connectivity index (χ2n) is 5.14. The average Bonchev–Trinajstić information content (AvgIpc) is 3.01. The number of fused-ring (bicyclic) bond motifs is 1. The predicted octanol–water partition coefficient (Wildman–Crippen LogP) is 4.34. The van der Waals surface area contributed by atoms with E-state index < -0.39 is 11.6 Å².